The van der Waals surface area contributed by atoms with Crippen molar-refractivity contribution in [3.63, 3.8) is 0 Å². The van der Waals surface area contributed by atoms with Crippen LogP contribution in [0.1, 0.15) is 19.3 Å². The smallest absolute Gasteiger partial charge is 0.338 e. The number of carboxylic acids is 1. The van der Waals surface area contributed by atoms with Gasteiger partial charge in [-0.15, -0.1) is 0 Å². The molecule has 1 fully saturated rings. The van der Waals surface area contributed by atoms with E-state index in [4.69, 9.17) is 14.6 Å². The first-order chi connectivity index (χ1) is 5.71. The van der Waals surface area contributed by atoms with E-state index in [1.165, 1.54) is 7.11 Å². The standard InChI is InChI=1S/C8H14O4/c1-11-6-8(7(9)10)4-2-3-5-12-8/h2-6H2,1H3,(H,9,10)/t8-/m0/s1. The Morgan fingerprint density at radius 1 is 1.67 bits per heavy atom. The summed E-state index contributed by atoms with van der Waals surface area (Å²) in [6, 6.07) is 0. The molecule has 1 atom stereocenters. The van der Waals surface area contributed by atoms with E-state index < -0.39 is 11.6 Å². The van der Waals surface area contributed by atoms with Crippen molar-refractivity contribution in [3.05, 3.63) is 0 Å². The van der Waals surface area contributed by atoms with Gasteiger partial charge in [-0.25, -0.2) is 4.79 Å². The number of aliphatic carboxylic acids is 1. The average molecular weight is 174 g/mol. The summed E-state index contributed by atoms with van der Waals surface area (Å²) in [6.45, 7) is 0.665. The molecule has 1 saturated heterocycles. The highest BCUT2D eigenvalue weighted by Crippen LogP contribution is 2.25. The van der Waals surface area contributed by atoms with E-state index >= 15 is 0 Å². The highest BCUT2D eigenvalue weighted by molar-refractivity contribution is 5.77. The lowest BCUT2D eigenvalue weighted by molar-refractivity contribution is -0.180. The molecule has 0 unspecified atom stereocenters. The summed E-state index contributed by atoms with van der Waals surface area (Å²) in [5, 5.41) is 8.91. The minimum Gasteiger partial charge on any atom is -0.479 e. The maximum absolute atomic E-state index is 10.9. The predicted molar refractivity (Wildman–Crippen MR) is 42.0 cm³/mol. The molecule has 0 spiro atoms. The normalized spacial score (nSPS) is 30.1. The summed E-state index contributed by atoms with van der Waals surface area (Å²) >= 11 is 0. The Morgan fingerprint density at radius 2 is 2.42 bits per heavy atom. The molecule has 70 valence electrons. The van der Waals surface area contributed by atoms with Crippen molar-refractivity contribution in [1.82, 2.24) is 0 Å². The van der Waals surface area contributed by atoms with Gasteiger partial charge in [-0.1, -0.05) is 0 Å². The maximum Gasteiger partial charge on any atom is 0.338 e. The molecular formula is C8H14O4. The third-order valence-corrected chi connectivity index (χ3v) is 2.12. The summed E-state index contributed by atoms with van der Waals surface area (Å²) in [7, 11) is 1.49. The van der Waals surface area contributed by atoms with Crippen LogP contribution in [0.5, 0.6) is 0 Å². The lowest BCUT2D eigenvalue weighted by Gasteiger charge is -2.32. The van der Waals surface area contributed by atoms with Crippen LogP contribution in [0.3, 0.4) is 0 Å². The fourth-order valence-corrected chi connectivity index (χ4v) is 1.43. The van der Waals surface area contributed by atoms with Gasteiger partial charge >= 0.3 is 5.97 Å². The molecule has 0 aliphatic carbocycles. The summed E-state index contributed by atoms with van der Waals surface area (Å²) in [6.07, 6.45) is 2.39. The molecule has 1 aliphatic rings. The molecule has 1 rings (SSSR count). The Kier molecular flexibility index (Phi) is 3.05. The van der Waals surface area contributed by atoms with E-state index in [-0.39, 0.29) is 6.61 Å². The lowest BCUT2D eigenvalue weighted by atomic mass is 9.95. The second kappa shape index (κ2) is 3.87. The van der Waals surface area contributed by atoms with E-state index in [9.17, 15) is 4.79 Å². The molecule has 1 aliphatic heterocycles. The largest absolute Gasteiger partial charge is 0.479 e. The van der Waals surface area contributed by atoms with Crippen molar-refractivity contribution in [2.45, 2.75) is 24.9 Å². The van der Waals surface area contributed by atoms with Crippen LogP contribution in [-0.2, 0) is 14.3 Å². The monoisotopic (exact) mass is 174 g/mol. The van der Waals surface area contributed by atoms with Crippen LogP contribution in [0.4, 0.5) is 0 Å². The molecule has 0 aromatic rings. The fraction of sp³-hybridized carbons (Fsp3) is 0.875. The molecular weight excluding hydrogens is 160 g/mol. The fourth-order valence-electron chi connectivity index (χ4n) is 1.43. The van der Waals surface area contributed by atoms with Gasteiger partial charge in [0.15, 0.2) is 5.60 Å². The van der Waals surface area contributed by atoms with Gasteiger partial charge in [-0.2, -0.15) is 0 Å². The van der Waals surface area contributed by atoms with E-state index in [2.05, 4.69) is 0 Å². The van der Waals surface area contributed by atoms with Crippen LogP contribution in [-0.4, -0.2) is 37.0 Å². The highest BCUT2D eigenvalue weighted by atomic mass is 16.6. The molecule has 1 N–H and O–H groups in total. The van der Waals surface area contributed by atoms with E-state index in [0.717, 1.165) is 12.8 Å². The predicted octanol–water partition coefficient (Wildman–Crippen LogP) is 0.657. The van der Waals surface area contributed by atoms with Crippen LogP contribution in [0.2, 0.25) is 0 Å². The first-order valence-electron chi connectivity index (χ1n) is 4.07. The van der Waals surface area contributed by atoms with E-state index in [1.54, 1.807) is 0 Å². The van der Waals surface area contributed by atoms with Gasteiger partial charge in [0.25, 0.3) is 0 Å². The summed E-state index contributed by atoms with van der Waals surface area (Å²) in [5.74, 6) is -0.913. The SMILES string of the molecule is COC[C@]1(C(=O)O)CCCCO1. The zero-order valence-corrected chi connectivity index (χ0v) is 7.21. The molecule has 4 nitrogen and oxygen atoms in total. The van der Waals surface area contributed by atoms with Crippen molar-refractivity contribution in [2.24, 2.45) is 0 Å². The van der Waals surface area contributed by atoms with Gasteiger partial charge in [-0.3, -0.25) is 0 Å². The van der Waals surface area contributed by atoms with Gasteiger partial charge in [0.05, 0.1) is 6.61 Å². The quantitative estimate of drug-likeness (QED) is 0.682. The van der Waals surface area contributed by atoms with Gasteiger partial charge in [0.2, 0.25) is 0 Å². The Hall–Kier alpha value is -0.610. The van der Waals surface area contributed by atoms with Crippen molar-refractivity contribution in [3.8, 4) is 0 Å². The van der Waals surface area contributed by atoms with Crippen LogP contribution in [0.25, 0.3) is 0 Å². The van der Waals surface area contributed by atoms with Crippen LogP contribution >= 0.6 is 0 Å². The number of rotatable bonds is 3. The number of hydrogen-bond donors (Lipinski definition) is 1. The molecule has 0 amide bonds. The average Bonchev–Trinajstić information content (AvgIpc) is 2.06. The van der Waals surface area contributed by atoms with Crippen molar-refractivity contribution >= 4 is 5.97 Å². The van der Waals surface area contributed by atoms with Crippen LogP contribution in [0, 0.1) is 0 Å². The third kappa shape index (κ3) is 1.76. The Balaban J connectivity index is 2.63. The second-order valence-electron chi connectivity index (χ2n) is 3.04. The highest BCUT2D eigenvalue weighted by Gasteiger charge is 2.41. The van der Waals surface area contributed by atoms with Crippen molar-refractivity contribution in [2.75, 3.05) is 20.3 Å². The molecule has 0 radical (unpaired) electrons. The number of ether oxygens (including phenoxy) is 2. The number of methoxy groups -OCH3 is 1. The van der Waals surface area contributed by atoms with Gasteiger partial charge < -0.3 is 14.6 Å². The maximum atomic E-state index is 10.9. The zero-order chi connectivity index (χ0) is 9.03. The Bertz CT molecular complexity index is 155. The molecule has 12 heavy (non-hydrogen) atoms. The van der Waals surface area contributed by atoms with Crippen molar-refractivity contribution in [1.29, 1.82) is 0 Å². The first kappa shape index (κ1) is 9.48. The second-order valence-corrected chi connectivity index (χ2v) is 3.04. The minimum absolute atomic E-state index is 0.141. The van der Waals surface area contributed by atoms with E-state index in [0.29, 0.717) is 13.0 Å². The molecule has 1 heterocycles. The van der Waals surface area contributed by atoms with Crippen LogP contribution < -0.4 is 0 Å². The van der Waals surface area contributed by atoms with Crippen LogP contribution in [0.15, 0.2) is 0 Å². The molecule has 0 aromatic heterocycles. The van der Waals surface area contributed by atoms with Crippen molar-refractivity contribution < 1.29 is 19.4 Å². The zero-order valence-electron chi connectivity index (χ0n) is 7.21. The summed E-state index contributed by atoms with van der Waals surface area (Å²) < 4.78 is 10.1. The minimum atomic E-state index is -1.08. The molecule has 0 saturated carbocycles. The van der Waals surface area contributed by atoms with Gasteiger partial charge in [-0.05, 0) is 19.3 Å². The Morgan fingerprint density at radius 3 is 2.83 bits per heavy atom. The number of carboxylic acid groups (broad SMARTS) is 1. The van der Waals surface area contributed by atoms with Gasteiger partial charge in [0.1, 0.15) is 0 Å². The third-order valence-electron chi connectivity index (χ3n) is 2.12. The summed E-state index contributed by atoms with van der Waals surface area (Å²) in [5.41, 5.74) is -1.08. The number of carbonyl (C=O) groups is 1. The lowest BCUT2D eigenvalue weighted by Crippen LogP contribution is -2.48. The molecule has 0 bridgehead atoms. The summed E-state index contributed by atoms with van der Waals surface area (Å²) in [4.78, 5) is 10.9. The molecule has 4 heteroatoms. The first-order valence-corrected chi connectivity index (χ1v) is 4.07. The topological polar surface area (TPSA) is 55.8 Å². The van der Waals surface area contributed by atoms with Gasteiger partial charge in [0, 0.05) is 13.7 Å². The Labute approximate surface area is 71.5 Å². The molecule has 0 aromatic carbocycles. The van der Waals surface area contributed by atoms with E-state index in [1.807, 2.05) is 0 Å². The number of hydrogen-bond acceptors (Lipinski definition) is 3.